The van der Waals surface area contributed by atoms with Gasteiger partial charge in [0.1, 0.15) is 5.82 Å². The molecule has 5 nitrogen and oxygen atoms in total. The standard InChI is InChI=1S/C25H22FN3O2S/c1-17-6-5-7-18(14-17)16-28-22-11-10-19(26)15-21(22)25(23(28)30)29(12-13-32-25)24(31)27-20-8-3-2-4-9-20/h2-11,14-15H,12-13,16H2,1H3,(H,27,31)/t25-/m0/s1. The normalized spacial score (nSPS) is 19.5. The Bertz CT molecular complexity index is 1200. The van der Waals surface area contributed by atoms with Crippen molar-refractivity contribution < 1.29 is 14.0 Å². The number of fused-ring (bicyclic) bond motifs is 2. The van der Waals surface area contributed by atoms with Crippen LogP contribution < -0.4 is 10.2 Å². The van der Waals surface area contributed by atoms with E-state index in [1.165, 1.54) is 23.9 Å². The van der Waals surface area contributed by atoms with Crippen LogP contribution in [0.4, 0.5) is 20.6 Å². The molecule has 7 heteroatoms. The second-order valence-corrected chi connectivity index (χ2v) is 9.27. The summed E-state index contributed by atoms with van der Waals surface area (Å²) >= 11 is 1.38. The molecule has 3 aromatic carbocycles. The van der Waals surface area contributed by atoms with Gasteiger partial charge in [-0.25, -0.2) is 9.18 Å². The summed E-state index contributed by atoms with van der Waals surface area (Å²) in [6, 6.07) is 21.1. The molecule has 0 bridgehead atoms. The largest absolute Gasteiger partial charge is 0.323 e. The molecule has 1 fully saturated rings. The lowest BCUT2D eigenvalue weighted by Crippen LogP contribution is -2.51. The van der Waals surface area contributed by atoms with E-state index in [1.807, 2.05) is 49.4 Å². The van der Waals surface area contributed by atoms with Crippen molar-refractivity contribution in [1.82, 2.24) is 4.90 Å². The maximum Gasteiger partial charge on any atom is 0.323 e. The molecular formula is C25H22FN3O2S. The van der Waals surface area contributed by atoms with Gasteiger partial charge in [0.05, 0.1) is 12.2 Å². The molecule has 0 saturated carbocycles. The number of thioether (sulfide) groups is 1. The quantitative estimate of drug-likeness (QED) is 0.607. The Morgan fingerprint density at radius 1 is 1.09 bits per heavy atom. The molecule has 3 amide bonds. The molecule has 2 heterocycles. The van der Waals surface area contributed by atoms with Crippen LogP contribution in [0.3, 0.4) is 0 Å². The van der Waals surface area contributed by atoms with Gasteiger partial charge in [-0.3, -0.25) is 9.69 Å². The van der Waals surface area contributed by atoms with Gasteiger partial charge in [-0.05, 0) is 42.8 Å². The molecule has 1 saturated heterocycles. The molecule has 1 atom stereocenters. The van der Waals surface area contributed by atoms with E-state index in [-0.39, 0.29) is 11.9 Å². The summed E-state index contributed by atoms with van der Waals surface area (Å²) in [7, 11) is 0. The van der Waals surface area contributed by atoms with Crippen molar-refractivity contribution in [1.29, 1.82) is 0 Å². The third-order valence-electron chi connectivity index (χ3n) is 5.85. The molecule has 1 N–H and O–H groups in total. The predicted molar refractivity (Wildman–Crippen MR) is 125 cm³/mol. The van der Waals surface area contributed by atoms with Crippen LogP contribution >= 0.6 is 11.8 Å². The summed E-state index contributed by atoms with van der Waals surface area (Å²) in [6.07, 6.45) is 0. The first-order chi connectivity index (χ1) is 15.5. The molecule has 32 heavy (non-hydrogen) atoms. The Labute approximate surface area is 190 Å². The Balaban J connectivity index is 1.54. The van der Waals surface area contributed by atoms with E-state index in [0.717, 1.165) is 11.1 Å². The molecule has 1 spiro atoms. The molecule has 0 radical (unpaired) electrons. The highest BCUT2D eigenvalue weighted by Crippen LogP contribution is 2.54. The molecule has 3 aromatic rings. The topological polar surface area (TPSA) is 52.7 Å². The highest BCUT2D eigenvalue weighted by molar-refractivity contribution is 8.01. The monoisotopic (exact) mass is 447 g/mol. The van der Waals surface area contributed by atoms with E-state index < -0.39 is 10.7 Å². The second-order valence-electron chi connectivity index (χ2n) is 7.98. The van der Waals surface area contributed by atoms with Gasteiger partial charge in [-0.1, -0.05) is 48.0 Å². The highest BCUT2D eigenvalue weighted by atomic mass is 32.2. The molecule has 2 aliphatic heterocycles. The van der Waals surface area contributed by atoms with E-state index in [2.05, 4.69) is 5.32 Å². The van der Waals surface area contributed by atoms with Gasteiger partial charge >= 0.3 is 6.03 Å². The van der Waals surface area contributed by atoms with Crippen molar-refractivity contribution in [2.45, 2.75) is 18.3 Å². The zero-order valence-electron chi connectivity index (χ0n) is 17.5. The lowest BCUT2D eigenvalue weighted by atomic mass is 10.1. The van der Waals surface area contributed by atoms with Gasteiger partial charge < -0.3 is 10.2 Å². The number of anilines is 2. The third kappa shape index (κ3) is 3.33. The fourth-order valence-corrected chi connectivity index (χ4v) is 5.90. The number of hydrogen-bond acceptors (Lipinski definition) is 3. The molecular weight excluding hydrogens is 425 g/mol. The fourth-order valence-electron chi connectivity index (χ4n) is 4.45. The molecule has 0 aromatic heterocycles. The number of para-hydroxylation sites is 1. The Morgan fingerprint density at radius 2 is 1.91 bits per heavy atom. The van der Waals surface area contributed by atoms with Crippen molar-refractivity contribution >= 4 is 35.1 Å². The first-order valence-electron chi connectivity index (χ1n) is 10.4. The van der Waals surface area contributed by atoms with Crippen LogP contribution in [-0.2, 0) is 16.2 Å². The van der Waals surface area contributed by atoms with Crippen molar-refractivity contribution in [3.05, 3.63) is 95.3 Å². The van der Waals surface area contributed by atoms with Crippen molar-refractivity contribution in [3.8, 4) is 0 Å². The van der Waals surface area contributed by atoms with Crippen LogP contribution in [0, 0.1) is 12.7 Å². The van der Waals surface area contributed by atoms with Crippen LogP contribution in [0.25, 0.3) is 0 Å². The van der Waals surface area contributed by atoms with Crippen molar-refractivity contribution in [2.75, 3.05) is 22.5 Å². The summed E-state index contributed by atoms with van der Waals surface area (Å²) < 4.78 is 14.3. The number of carbonyl (C=O) groups is 2. The SMILES string of the molecule is Cc1cccc(CN2C(=O)[C@@]3(SCCN3C(=O)Nc3ccccc3)c3cc(F)ccc32)c1. The maximum absolute atomic E-state index is 14.3. The number of amides is 3. The Kier molecular flexibility index (Phi) is 5.13. The number of urea groups is 1. The molecule has 162 valence electrons. The predicted octanol–water partition coefficient (Wildman–Crippen LogP) is 5.11. The number of benzene rings is 3. The van der Waals surface area contributed by atoms with E-state index in [1.54, 1.807) is 28.0 Å². The summed E-state index contributed by atoms with van der Waals surface area (Å²) in [4.78, 5) is 29.1. The van der Waals surface area contributed by atoms with E-state index in [9.17, 15) is 14.0 Å². The summed E-state index contributed by atoms with van der Waals surface area (Å²) in [5, 5.41) is 2.88. The summed E-state index contributed by atoms with van der Waals surface area (Å²) in [5.41, 5.74) is 3.90. The average molecular weight is 448 g/mol. The van der Waals surface area contributed by atoms with Crippen LogP contribution in [-0.4, -0.2) is 29.1 Å². The molecule has 0 unspecified atom stereocenters. The summed E-state index contributed by atoms with van der Waals surface area (Å²) in [6.45, 7) is 2.75. The van der Waals surface area contributed by atoms with Crippen molar-refractivity contribution in [2.24, 2.45) is 0 Å². The molecule has 2 aliphatic rings. The number of nitrogens with zero attached hydrogens (tertiary/aromatic N) is 2. The highest BCUT2D eigenvalue weighted by Gasteiger charge is 2.59. The number of halogens is 1. The first kappa shape index (κ1) is 20.6. The number of aryl methyl sites for hydroxylation is 1. The van der Waals surface area contributed by atoms with Gasteiger partial charge in [0.2, 0.25) is 0 Å². The van der Waals surface area contributed by atoms with Crippen LogP contribution in [0.5, 0.6) is 0 Å². The Hall–Kier alpha value is -3.32. The second kappa shape index (κ2) is 7.98. The lowest BCUT2D eigenvalue weighted by molar-refractivity contribution is -0.123. The minimum absolute atomic E-state index is 0.217. The minimum atomic E-state index is -1.28. The van der Waals surface area contributed by atoms with E-state index >= 15 is 0 Å². The molecule has 5 rings (SSSR count). The Morgan fingerprint density at radius 3 is 2.69 bits per heavy atom. The number of carbonyl (C=O) groups excluding carboxylic acids is 2. The van der Waals surface area contributed by atoms with Gasteiger partial charge in [0.15, 0.2) is 4.87 Å². The minimum Gasteiger partial charge on any atom is -0.308 e. The maximum atomic E-state index is 14.3. The lowest BCUT2D eigenvalue weighted by Gasteiger charge is -2.33. The fraction of sp³-hybridized carbons (Fsp3) is 0.200. The van der Waals surface area contributed by atoms with Crippen molar-refractivity contribution in [3.63, 3.8) is 0 Å². The zero-order valence-corrected chi connectivity index (χ0v) is 18.4. The van der Waals surface area contributed by atoms with Crippen LogP contribution in [0.1, 0.15) is 16.7 Å². The van der Waals surface area contributed by atoms with E-state index in [4.69, 9.17) is 0 Å². The number of rotatable bonds is 3. The van der Waals surface area contributed by atoms with Gasteiger partial charge in [-0.15, -0.1) is 11.8 Å². The number of hydrogen-bond donors (Lipinski definition) is 1. The zero-order chi connectivity index (χ0) is 22.3. The van der Waals surface area contributed by atoms with Gasteiger partial charge in [0, 0.05) is 23.5 Å². The number of nitrogens with one attached hydrogen (secondary N) is 1. The van der Waals surface area contributed by atoms with Gasteiger partial charge in [-0.2, -0.15) is 0 Å². The van der Waals surface area contributed by atoms with Crippen LogP contribution in [0.15, 0.2) is 72.8 Å². The van der Waals surface area contributed by atoms with E-state index in [0.29, 0.717) is 35.8 Å². The van der Waals surface area contributed by atoms with Crippen LogP contribution in [0.2, 0.25) is 0 Å². The smallest absolute Gasteiger partial charge is 0.308 e. The summed E-state index contributed by atoms with van der Waals surface area (Å²) in [5.74, 6) is -0.0584. The molecule has 0 aliphatic carbocycles. The van der Waals surface area contributed by atoms with Gasteiger partial charge in [0.25, 0.3) is 5.91 Å². The third-order valence-corrected chi connectivity index (χ3v) is 7.27. The first-order valence-corrected chi connectivity index (χ1v) is 11.4. The average Bonchev–Trinajstić information content (AvgIpc) is 3.32.